The fraction of sp³-hybridized carbons (Fsp3) is 1.00. The van der Waals surface area contributed by atoms with E-state index in [1.54, 1.807) is 35.5 Å². The molecule has 122 valence electrons. The molecule has 5 nitrogen and oxygen atoms in total. The average Bonchev–Trinajstić information content (AvgIpc) is 2.44. The molecule has 0 aliphatic carbocycles. The van der Waals surface area contributed by atoms with E-state index in [1.807, 2.05) is 0 Å². The van der Waals surface area contributed by atoms with E-state index in [4.69, 9.17) is 22.8 Å². The molecular formula is C14H32O5Si. The Balaban J connectivity index is 4.51. The molecule has 0 aliphatic heterocycles. The highest BCUT2D eigenvalue weighted by molar-refractivity contribution is 6.60. The Labute approximate surface area is 125 Å². The number of rotatable bonds is 11. The topological polar surface area (TPSA) is 46.2 Å². The molecule has 0 spiro atoms. The van der Waals surface area contributed by atoms with Crippen LogP contribution in [0.3, 0.4) is 0 Å². The molecule has 0 bridgehead atoms. The van der Waals surface area contributed by atoms with Crippen LogP contribution in [0.15, 0.2) is 0 Å². The molecule has 1 atom stereocenters. The van der Waals surface area contributed by atoms with E-state index in [2.05, 4.69) is 20.8 Å². The van der Waals surface area contributed by atoms with Crippen LogP contribution in [0.1, 0.15) is 40.0 Å². The number of hydrogen-bond donors (Lipinski definition) is 0. The maximum absolute atomic E-state index is 5.70. The zero-order valence-corrected chi connectivity index (χ0v) is 15.4. The van der Waals surface area contributed by atoms with Crippen molar-refractivity contribution in [3.63, 3.8) is 0 Å². The van der Waals surface area contributed by atoms with Gasteiger partial charge in [0.05, 0.1) is 11.2 Å². The number of hydrogen-bond acceptors (Lipinski definition) is 5. The third kappa shape index (κ3) is 6.20. The van der Waals surface area contributed by atoms with Gasteiger partial charge in [-0.05, 0) is 33.6 Å². The molecule has 0 amide bonds. The van der Waals surface area contributed by atoms with Crippen molar-refractivity contribution in [1.29, 1.82) is 0 Å². The van der Waals surface area contributed by atoms with Crippen LogP contribution in [0.25, 0.3) is 0 Å². The quantitative estimate of drug-likeness (QED) is 0.549. The highest BCUT2D eigenvalue weighted by atomic mass is 28.4. The maximum Gasteiger partial charge on any atom is 0.500 e. The van der Waals surface area contributed by atoms with E-state index >= 15 is 0 Å². The first-order chi connectivity index (χ1) is 9.22. The van der Waals surface area contributed by atoms with Crippen molar-refractivity contribution in [2.45, 2.75) is 57.3 Å². The molecular weight excluding hydrogens is 276 g/mol. The van der Waals surface area contributed by atoms with Crippen LogP contribution in [0.4, 0.5) is 0 Å². The highest BCUT2D eigenvalue weighted by Crippen LogP contribution is 2.31. The fourth-order valence-electron chi connectivity index (χ4n) is 2.47. The summed E-state index contributed by atoms with van der Waals surface area (Å²) in [5.74, 6) is 0. The summed E-state index contributed by atoms with van der Waals surface area (Å²) in [6.07, 6.45) is 2.65. The SMILES string of the molecule is COC(C)(C)CC(C)(CCC[Si](OC)(OC)OC)OC. The molecule has 0 fully saturated rings. The monoisotopic (exact) mass is 308 g/mol. The summed E-state index contributed by atoms with van der Waals surface area (Å²) in [7, 11) is 5.92. The van der Waals surface area contributed by atoms with Crippen molar-refractivity contribution in [2.75, 3.05) is 35.5 Å². The molecule has 0 saturated heterocycles. The molecule has 0 aromatic heterocycles. The molecule has 0 heterocycles. The normalized spacial score (nSPS) is 16.2. The van der Waals surface area contributed by atoms with Gasteiger partial charge in [-0.3, -0.25) is 0 Å². The molecule has 6 heteroatoms. The van der Waals surface area contributed by atoms with Gasteiger partial charge in [-0.25, -0.2) is 0 Å². The molecule has 20 heavy (non-hydrogen) atoms. The Kier molecular flexibility index (Phi) is 8.46. The van der Waals surface area contributed by atoms with E-state index in [0.29, 0.717) is 0 Å². The van der Waals surface area contributed by atoms with Crippen LogP contribution < -0.4 is 0 Å². The molecule has 0 aromatic carbocycles. The lowest BCUT2D eigenvalue weighted by Gasteiger charge is -2.36. The molecule has 0 N–H and O–H groups in total. The summed E-state index contributed by atoms with van der Waals surface area (Å²) >= 11 is 0. The Morgan fingerprint density at radius 2 is 1.30 bits per heavy atom. The van der Waals surface area contributed by atoms with Gasteiger partial charge >= 0.3 is 8.80 Å². The molecule has 1 unspecified atom stereocenters. The minimum atomic E-state index is -2.48. The van der Waals surface area contributed by atoms with Crippen molar-refractivity contribution < 1.29 is 22.8 Å². The van der Waals surface area contributed by atoms with Crippen molar-refractivity contribution in [1.82, 2.24) is 0 Å². The van der Waals surface area contributed by atoms with Crippen molar-refractivity contribution >= 4 is 8.80 Å². The first-order valence-electron chi connectivity index (χ1n) is 6.98. The summed E-state index contributed by atoms with van der Waals surface area (Å²) in [6.45, 7) is 6.26. The Hall–Kier alpha value is 0.0169. The second kappa shape index (κ2) is 8.46. The Morgan fingerprint density at radius 1 is 0.800 bits per heavy atom. The third-order valence-corrected chi connectivity index (χ3v) is 6.80. The van der Waals surface area contributed by atoms with E-state index in [1.165, 1.54) is 0 Å². The van der Waals surface area contributed by atoms with Gasteiger partial charge in [-0.2, -0.15) is 0 Å². The third-order valence-electron chi connectivity index (χ3n) is 3.97. The molecule has 0 aromatic rings. The van der Waals surface area contributed by atoms with Gasteiger partial charge in [0, 0.05) is 48.0 Å². The van der Waals surface area contributed by atoms with E-state index in [0.717, 1.165) is 25.3 Å². The van der Waals surface area contributed by atoms with Crippen LogP contribution in [0.2, 0.25) is 6.04 Å². The predicted molar refractivity (Wildman–Crippen MR) is 81.9 cm³/mol. The van der Waals surface area contributed by atoms with Crippen LogP contribution in [-0.4, -0.2) is 55.6 Å². The van der Waals surface area contributed by atoms with Gasteiger partial charge in [0.15, 0.2) is 0 Å². The summed E-state index contributed by atoms with van der Waals surface area (Å²) in [5.41, 5.74) is -0.433. The van der Waals surface area contributed by atoms with Gasteiger partial charge in [-0.1, -0.05) is 0 Å². The second-order valence-electron chi connectivity index (χ2n) is 5.94. The average molecular weight is 308 g/mol. The smallest absolute Gasteiger partial charge is 0.379 e. The van der Waals surface area contributed by atoms with Crippen LogP contribution in [0.5, 0.6) is 0 Å². The predicted octanol–water partition coefficient (Wildman–Crippen LogP) is 2.86. The van der Waals surface area contributed by atoms with Gasteiger partial charge < -0.3 is 22.8 Å². The van der Waals surface area contributed by atoms with Crippen LogP contribution in [0, 0.1) is 0 Å². The largest absolute Gasteiger partial charge is 0.500 e. The lowest BCUT2D eigenvalue weighted by molar-refractivity contribution is -0.0826. The number of methoxy groups -OCH3 is 2. The van der Waals surface area contributed by atoms with Gasteiger partial charge in [0.25, 0.3) is 0 Å². The maximum atomic E-state index is 5.70. The minimum absolute atomic E-state index is 0.205. The summed E-state index contributed by atoms with van der Waals surface area (Å²) in [6, 6.07) is 0.781. The minimum Gasteiger partial charge on any atom is -0.379 e. The zero-order valence-electron chi connectivity index (χ0n) is 14.4. The first kappa shape index (κ1) is 20.0. The van der Waals surface area contributed by atoms with Crippen molar-refractivity contribution in [3.05, 3.63) is 0 Å². The zero-order chi connectivity index (χ0) is 15.9. The Bertz CT molecular complexity index is 260. The standard InChI is InChI=1S/C14H32O5Si/c1-13(2,15-4)12-14(3,16-5)10-9-11-20(17-6,18-7)19-8/h9-12H2,1-8H3. The lowest BCUT2D eigenvalue weighted by atomic mass is 9.87. The highest BCUT2D eigenvalue weighted by Gasteiger charge is 2.39. The molecule has 0 radical (unpaired) electrons. The summed E-state index contributed by atoms with van der Waals surface area (Å²) < 4.78 is 27.5. The van der Waals surface area contributed by atoms with Crippen molar-refractivity contribution in [3.8, 4) is 0 Å². The van der Waals surface area contributed by atoms with Crippen LogP contribution in [-0.2, 0) is 22.8 Å². The first-order valence-corrected chi connectivity index (χ1v) is 8.91. The molecule has 0 saturated carbocycles. The van der Waals surface area contributed by atoms with Crippen LogP contribution >= 0.6 is 0 Å². The summed E-state index contributed by atoms with van der Waals surface area (Å²) in [4.78, 5) is 0. The number of ether oxygens (including phenoxy) is 2. The van der Waals surface area contributed by atoms with Gasteiger partial charge in [0.1, 0.15) is 0 Å². The fourth-order valence-corrected chi connectivity index (χ4v) is 4.19. The van der Waals surface area contributed by atoms with Crippen molar-refractivity contribution in [2.24, 2.45) is 0 Å². The lowest BCUT2D eigenvalue weighted by Crippen LogP contribution is -2.43. The molecule has 0 rings (SSSR count). The second-order valence-corrected chi connectivity index (χ2v) is 9.03. The Morgan fingerprint density at radius 3 is 1.65 bits per heavy atom. The van der Waals surface area contributed by atoms with E-state index < -0.39 is 8.80 Å². The summed E-state index contributed by atoms with van der Waals surface area (Å²) in [5, 5.41) is 0. The van der Waals surface area contributed by atoms with Gasteiger partial charge in [0.2, 0.25) is 0 Å². The molecule has 0 aliphatic rings. The van der Waals surface area contributed by atoms with E-state index in [9.17, 15) is 0 Å². The van der Waals surface area contributed by atoms with E-state index in [-0.39, 0.29) is 11.2 Å². The van der Waals surface area contributed by atoms with Gasteiger partial charge in [-0.15, -0.1) is 0 Å².